The third-order valence-electron chi connectivity index (χ3n) is 7.63. The first kappa shape index (κ1) is 32.9. The van der Waals surface area contributed by atoms with Gasteiger partial charge >= 0.3 is 0 Å². The van der Waals surface area contributed by atoms with Gasteiger partial charge in [0.15, 0.2) is 0 Å². The molecule has 4 nitrogen and oxygen atoms in total. The van der Waals surface area contributed by atoms with Crippen molar-refractivity contribution in [3.8, 4) is 0 Å². The van der Waals surface area contributed by atoms with Gasteiger partial charge in [-0.25, -0.2) is 0 Å². The maximum atomic E-state index is 4.62. The number of benzene rings is 2. The van der Waals surface area contributed by atoms with Crippen molar-refractivity contribution < 1.29 is 17.1 Å². The van der Waals surface area contributed by atoms with Crippen LogP contribution in [0.25, 0.3) is 0 Å². The topological polar surface area (TPSA) is 40.2 Å². The molecule has 2 aromatic carbocycles. The second-order valence-corrected chi connectivity index (χ2v) is 10.2. The summed E-state index contributed by atoms with van der Waals surface area (Å²) in [6, 6.07) is 15.8. The van der Waals surface area contributed by atoms with Crippen molar-refractivity contribution in [2.24, 2.45) is 0 Å². The molecule has 0 amide bonds. The number of hydrogen-bond acceptors (Lipinski definition) is 4. The zero-order chi connectivity index (χ0) is 27.3. The zero-order valence-corrected chi connectivity index (χ0v) is 26.3. The standard InChI is InChI=1S/C34H50N4.Mn/c1-7-26-21-28(9-3)33(29(10-4)22-26)36-17-19-38(25-32-15-13-14-16-35-32)20-18-37-34-30(11-5)23-27(8-2)24-31(34)12-6;/h13-16,21-24,36-37H,7-12,17-20,25H2,1-6H3;. The first-order chi connectivity index (χ1) is 18.6. The molecule has 3 rings (SSSR count). The van der Waals surface area contributed by atoms with E-state index in [1.807, 2.05) is 12.3 Å². The van der Waals surface area contributed by atoms with E-state index in [1.165, 1.54) is 44.8 Å². The van der Waals surface area contributed by atoms with E-state index in [0.29, 0.717) is 0 Å². The monoisotopic (exact) mass is 569 g/mol. The van der Waals surface area contributed by atoms with Gasteiger partial charge in [-0.3, -0.25) is 9.88 Å². The van der Waals surface area contributed by atoms with E-state index in [-0.39, 0.29) is 17.1 Å². The molecular formula is C34H50MnN4. The Morgan fingerprint density at radius 3 is 1.38 bits per heavy atom. The van der Waals surface area contributed by atoms with Crippen LogP contribution in [-0.4, -0.2) is 36.1 Å². The molecule has 0 fully saturated rings. The molecule has 0 saturated carbocycles. The number of rotatable bonds is 16. The number of pyridine rings is 1. The van der Waals surface area contributed by atoms with Gasteiger partial charge in [-0.15, -0.1) is 0 Å². The summed E-state index contributed by atoms with van der Waals surface area (Å²) in [4.78, 5) is 7.14. The number of nitrogens with zero attached hydrogens (tertiary/aromatic N) is 2. The third-order valence-corrected chi connectivity index (χ3v) is 7.63. The van der Waals surface area contributed by atoms with Crippen molar-refractivity contribution >= 4 is 11.4 Å². The van der Waals surface area contributed by atoms with Gasteiger partial charge in [0.1, 0.15) is 0 Å². The molecular weight excluding hydrogens is 519 g/mol. The van der Waals surface area contributed by atoms with Crippen molar-refractivity contribution in [3.63, 3.8) is 0 Å². The summed E-state index contributed by atoms with van der Waals surface area (Å²) in [6.45, 7) is 18.2. The largest absolute Gasteiger partial charge is 0.383 e. The van der Waals surface area contributed by atoms with Crippen LogP contribution in [0.2, 0.25) is 0 Å². The van der Waals surface area contributed by atoms with Crippen LogP contribution in [0.5, 0.6) is 0 Å². The molecule has 1 aromatic heterocycles. The first-order valence-corrected chi connectivity index (χ1v) is 15.0. The summed E-state index contributed by atoms with van der Waals surface area (Å²) < 4.78 is 0. The molecule has 0 bridgehead atoms. The minimum absolute atomic E-state index is 0. The Kier molecular flexibility index (Phi) is 14.7. The zero-order valence-electron chi connectivity index (χ0n) is 25.2. The van der Waals surface area contributed by atoms with E-state index >= 15 is 0 Å². The number of nitrogens with one attached hydrogen (secondary N) is 2. The van der Waals surface area contributed by atoms with E-state index in [2.05, 4.69) is 98.5 Å². The predicted molar refractivity (Wildman–Crippen MR) is 166 cm³/mol. The Bertz CT molecular complexity index is 1010. The molecule has 0 saturated heterocycles. The third kappa shape index (κ3) is 9.38. The summed E-state index contributed by atoms with van der Waals surface area (Å²) in [7, 11) is 0. The van der Waals surface area contributed by atoms with Crippen LogP contribution in [0, 0.1) is 0 Å². The van der Waals surface area contributed by atoms with Gasteiger partial charge in [0, 0.05) is 67.4 Å². The average molecular weight is 570 g/mol. The molecule has 1 heterocycles. The summed E-state index contributed by atoms with van der Waals surface area (Å²) in [6.07, 6.45) is 8.30. The fourth-order valence-electron chi connectivity index (χ4n) is 5.33. The number of aryl methyl sites for hydroxylation is 6. The molecule has 0 spiro atoms. The molecule has 0 unspecified atom stereocenters. The van der Waals surface area contributed by atoms with Crippen LogP contribution in [0.1, 0.15) is 80.6 Å². The summed E-state index contributed by atoms with van der Waals surface area (Å²) >= 11 is 0. The van der Waals surface area contributed by atoms with Crippen molar-refractivity contribution in [1.29, 1.82) is 0 Å². The molecule has 2 N–H and O–H groups in total. The van der Waals surface area contributed by atoms with Crippen LogP contribution in [0.4, 0.5) is 11.4 Å². The number of aromatic nitrogens is 1. The number of anilines is 2. The molecule has 39 heavy (non-hydrogen) atoms. The second kappa shape index (κ2) is 17.4. The van der Waals surface area contributed by atoms with Crippen LogP contribution >= 0.6 is 0 Å². The maximum Gasteiger partial charge on any atom is 0.0543 e. The predicted octanol–water partition coefficient (Wildman–Crippen LogP) is 7.48. The molecule has 1 radical (unpaired) electrons. The fourth-order valence-corrected chi connectivity index (χ4v) is 5.33. The quantitative estimate of drug-likeness (QED) is 0.176. The van der Waals surface area contributed by atoms with E-state index in [1.54, 1.807) is 0 Å². The molecule has 0 aliphatic heterocycles. The Hall–Kier alpha value is -2.33. The van der Waals surface area contributed by atoms with Gasteiger partial charge in [0.05, 0.1) is 5.69 Å². The Morgan fingerprint density at radius 2 is 1.05 bits per heavy atom. The van der Waals surface area contributed by atoms with Gasteiger partial charge in [-0.05, 0) is 84.0 Å². The van der Waals surface area contributed by atoms with Crippen molar-refractivity contribution in [3.05, 3.63) is 87.7 Å². The smallest absolute Gasteiger partial charge is 0.0543 e. The maximum absolute atomic E-state index is 4.62. The molecule has 213 valence electrons. The molecule has 3 aromatic rings. The van der Waals surface area contributed by atoms with Crippen LogP contribution in [0.3, 0.4) is 0 Å². The Labute approximate surface area is 248 Å². The average Bonchev–Trinajstić information content (AvgIpc) is 2.97. The Morgan fingerprint density at radius 1 is 0.615 bits per heavy atom. The second-order valence-electron chi connectivity index (χ2n) is 10.2. The summed E-state index contributed by atoms with van der Waals surface area (Å²) in [5.41, 5.74) is 12.5. The van der Waals surface area contributed by atoms with E-state index in [0.717, 1.165) is 76.9 Å². The minimum atomic E-state index is 0. The van der Waals surface area contributed by atoms with Gasteiger partial charge in [-0.2, -0.15) is 0 Å². The van der Waals surface area contributed by atoms with Crippen LogP contribution < -0.4 is 10.6 Å². The summed E-state index contributed by atoms with van der Waals surface area (Å²) in [5.74, 6) is 0. The van der Waals surface area contributed by atoms with Crippen LogP contribution in [0.15, 0.2) is 48.7 Å². The van der Waals surface area contributed by atoms with Crippen molar-refractivity contribution in [2.45, 2.75) is 86.6 Å². The number of hydrogen-bond donors (Lipinski definition) is 2. The molecule has 0 aliphatic rings. The van der Waals surface area contributed by atoms with Gasteiger partial charge < -0.3 is 10.6 Å². The van der Waals surface area contributed by atoms with E-state index in [4.69, 9.17) is 0 Å². The molecule has 5 heteroatoms. The normalized spacial score (nSPS) is 10.9. The van der Waals surface area contributed by atoms with Crippen LogP contribution in [-0.2, 0) is 62.1 Å². The first-order valence-electron chi connectivity index (χ1n) is 15.0. The van der Waals surface area contributed by atoms with Gasteiger partial charge in [0.2, 0.25) is 0 Å². The van der Waals surface area contributed by atoms with Gasteiger partial charge in [-0.1, -0.05) is 71.9 Å². The summed E-state index contributed by atoms with van der Waals surface area (Å²) in [5, 5.41) is 7.65. The van der Waals surface area contributed by atoms with Crippen molar-refractivity contribution in [1.82, 2.24) is 9.88 Å². The van der Waals surface area contributed by atoms with Crippen molar-refractivity contribution in [2.75, 3.05) is 36.8 Å². The fraction of sp³-hybridized carbons (Fsp3) is 0.500. The van der Waals surface area contributed by atoms with Gasteiger partial charge in [0.25, 0.3) is 0 Å². The Balaban J connectivity index is 0.00000533. The van der Waals surface area contributed by atoms with E-state index < -0.39 is 0 Å². The molecule has 0 atom stereocenters. The minimum Gasteiger partial charge on any atom is -0.383 e. The molecule has 0 aliphatic carbocycles. The SMILES string of the molecule is CCc1cc(CC)c(NCCN(CCNc2c(CC)cc(CC)cc2CC)Cc2ccccn2)c(CC)c1.[Mn]. The van der Waals surface area contributed by atoms with E-state index in [9.17, 15) is 0 Å².